The van der Waals surface area contributed by atoms with E-state index >= 15 is 0 Å². The van der Waals surface area contributed by atoms with Gasteiger partial charge in [-0.05, 0) is 139 Å². The summed E-state index contributed by atoms with van der Waals surface area (Å²) in [5.41, 5.74) is 17.3. The Labute approximate surface area is 410 Å². The van der Waals surface area contributed by atoms with Crippen molar-refractivity contribution in [2.75, 3.05) is 9.80 Å². The van der Waals surface area contributed by atoms with E-state index in [1.54, 1.807) is 0 Å². The number of hydrogen-bond acceptors (Lipinski definition) is 3. The van der Waals surface area contributed by atoms with Gasteiger partial charge in [0.05, 0.1) is 27.5 Å². The molecular formula is C66H44N4O. The largest absolute Gasteiger partial charge is 0.455 e. The van der Waals surface area contributed by atoms with Gasteiger partial charge in [-0.15, -0.1) is 0 Å². The van der Waals surface area contributed by atoms with Gasteiger partial charge in [0.1, 0.15) is 11.2 Å². The highest BCUT2D eigenvalue weighted by molar-refractivity contribution is 6.24. The fourth-order valence-corrected chi connectivity index (χ4v) is 10.9. The fraction of sp³-hybridized carbons (Fsp3) is 0. The van der Waals surface area contributed by atoms with Gasteiger partial charge in [0, 0.05) is 72.4 Å². The third-order valence-electron chi connectivity index (χ3n) is 14.1. The van der Waals surface area contributed by atoms with E-state index in [4.69, 9.17) is 4.42 Å². The molecular weight excluding hydrogens is 865 g/mol. The standard InChI is InChI=1S/C66H44N4O/c1-5-19-47(20-6-1)67(53-37-39-59-63(44-53)70(50-25-11-4-12-26-50)61-41-40-58-57-29-14-16-31-64(57)71-66(58)65(59)61)51-34-32-45(33-35-51)46-18-17-27-52(42-46)68(48-21-7-2-8-22-48)54-36-38-56-55-28-13-15-30-60(55)69(62(56)43-54)49-23-9-3-10-24-49/h1-44H. The summed E-state index contributed by atoms with van der Waals surface area (Å²) in [5, 5.41) is 6.97. The summed E-state index contributed by atoms with van der Waals surface area (Å²) < 4.78 is 11.4. The molecule has 3 aromatic heterocycles. The fourth-order valence-electron chi connectivity index (χ4n) is 10.9. The van der Waals surface area contributed by atoms with Crippen LogP contribution in [-0.2, 0) is 0 Å². The molecule has 5 heteroatoms. The van der Waals surface area contributed by atoms with E-state index in [1.807, 2.05) is 6.07 Å². The second kappa shape index (κ2) is 16.6. The van der Waals surface area contributed by atoms with Crippen molar-refractivity contribution in [3.63, 3.8) is 0 Å². The summed E-state index contributed by atoms with van der Waals surface area (Å²) in [6, 6.07) is 95.7. The predicted octanol–water partition coefficient (Wildman–Crippen LogP) is 18.4. The van der Waals surface area contributed by atoms with Gasteiger partial charge in [-0.25, -0.2) is 0 Å². The van der Waals surface area contributed by atoms with E-state index in [0.717, 1.165) is 106 Å². The van der Waals surface area contributed by atoms with Gasteiger partial charge in [0.2, 0.25) is 0 Å². The number of furan rings is 1. The van der Waals surface area contributed by atoms with Gasteiger partial charge in [0.15, 0.2) is 0 Å². The highest BCUT2D eigenvalue weighted by Crippen LogP contribution is 2.45. The molecule has 0 amide bonds. The number of aromatic nitrogens is 2. The summed E-state index contributed by atoms with van der Waals surface area (Å²) in [7, 11) is 0. The Bertz CT molecular complexity index is 4270. The van der Waals surface area contributed by atoms with Crippen LogP contribution in [0, 0.1) is 0 Å². The van der Waals surface area contributed by atoms with E-state index in [0.29, 0.717) is 0 Å². The molecule has 0 saturated carbocycles. The Balaban J connectivity index is 0.876. The first-order chi connectivity index (χ1) is 35.2. The second-order valence-corrected chi connectivity index (χ2v) is 18.1. The maximum absolute atomic E-state index is 6.67. The lowest BCUT2D eigenvalue weighted by Gasteiger charge is -2.27. The molecule has 0 aliphatic heterocycles. The predicted molar refractivity (Wildman–Crippen MR) is 297 cm³/mol. The molecule has 0 aliphatic carbocycles. The van der Waals surface area contributed by atoms with E-state index in [1.165, 1.54) is 16.3 Å². The lowest BCUT2D eigenvalue weighted by molar-refractivity contribution is 0.673. The maximum Gasteiger partial charge on any atom is 0.145 e. The summed E-state index contributed by atoms with van der Waals surface area (Å²) in [6.07, 6.45) is 0. The molecule has 0 spiro atoms. The zero-order valence-electron chi connectivity index (χ0n) is 38.6. The number of rotatable bonds is 9. The molecule has 5 nitrogen and oxygen atoms in total. The Morgan fingerprint density at radius 1 is 0.268 bits per heavy atom. The minimum Gasteiger partial charge on any atom is -0.455 e. The first kappa shape index (κ1) is 40.5. The van der Waals surface area contributed by atoms with Crippen molar-refractivity contribution in [2.45, 2.75) is 0 Å². The number of fused-ring (bicyclic) bond motifs is 10. The molecule has 334 valence electrons. The van der Waals surface area contributed by atoms with Crippen LogP contribution in [0.2, 0.25) is 0 Å². The van der Waals surface area contributed by atoms with E-state index in [-0.39, 0.29) is 0 Å². The van der Waals surface area contributed by atoms with Crippen LogP contribution in [0.1, 0.15) is 0 Å². The topological polar surface area (TPSA) is 29.5 Å². The highest BCUT2D eigenvalue weighted by atomic mass is 16.3. The Kier molecular flexibility index (Phi) is 9.46. The van der Waals surface area contributed by atoms with Gasteiger partial charge >= 0.3 is 0 Å². The smallest absolute Gasteiger partial charge is 0.145 e. The molecule has 0 aliphatic rings. The average Bonchev–Trinajstić information content (AvgIpc) is 4.10. The molecule has 11 aromatic carbocycles. The van der Waals surface area contributed by atoms with Gasteiger partial charge in [-0.1, -0.05) is 140 Å². The quantitative estimate of drug-likeness (QED) is 0.145. The van der Waals surface area contributed by atoms with Crippen molar-refractivity contribution >= 4 is 99.7 Å². The lowest BCUT2D eigenvalue weighted by atomic mass is 10.0. The first-order valence-corrected chi connectivity index (χ1v) is 24.2. The van der Waals surface area contributed by atoms with Gasteiger partial charge in [0.25, 0.3) is 0 Å². The SMILES string of the molecule is c1ccc(N(c2cccc(-c3ccc(N(c4ccccc4)c4ccc5c6c7oc8ccccc8c7ccc6n(-c6ccccc6)c5c4)cc3)c2)c2ccc3c4ccccc4n(-c4ccccc4)c3c2)cc1. The number of anilines is 6. The van der Waals surface area contributed by atoms with Gasteiger partial charge in [-0.3, -0.25) is 0 Å². The number of nitrogens with zero attached hydrogens (tertiary/aromatic N) is 4. The molecule has 14 rings (SSSR count). The van der Waals surface area contributed by atoms with E-state index in [2.05, 4.69) is 280 Å². The molecule has 0 fully saturated rings. The monoisotopic (exact) mass is 908 g/mol. The van der Waals surface area contributed by atoms with Gasteiger partial charge < -0.3 is 23.4 Å². The van der Waals surface area contributed by atoms with Crippen LogP contribution >= 0.6 is 0 Å². The first-order valence-electron chi connectivity index (χ1n) is 24.2. The highest BCUT2D eigenvalue weighted by Gasteiger charge is 2.22. The average molecular weight is 909 g/mol. The third-order valence-corrected chi connectivity index (χ3v) is 14.1. The van der Waals surface area contributed by atoms with E-state index < -0.39 is 0 Å². The molecule has 71 heavy (non-hydrogen) atoms. The summed E-state index contributed by atoms with van der Waals surface area (Å²) in [5.74, 6) is 0. The minimum absolute atomic E-state index is 0.896. The summed E-state index contributed by atoms with van der Waals surface area (Å²) in [6.45, 7) is 0. The summed E-state index contributed by atoms with van der Waals surface area (Å²) in [4.78, 5) is 4.72. The minimum atomic E-state index is 0.896. The molecule has 0 bridgehead atoms. The lowest BCUT2D eigenvalue weighted by Crippen LogP contribution is -2.10. The maximum atomic E-state index is 6.67. The van der Waals surface area contributed by atoms with Crippen LogP contribution in [-0.4, -0.2) is 9.13 Å². The van der Waals surface area contributed by atoms with Crippen LogP contribution in [0.4, 0.5) is 34.1 Å². The Morgan fingerprint density at radius 2 is 0.732 bits per heavy atom. The molecule has 0 unspecified atom stereocenters. The van der Waals surface area contributed by atoms with Crippen LogP contribution < -0.4 is 9.80 Å². The van der Waals surface area contributed by atoms with Crippen molar-refractivity contribution in [3.05, 3.63) is 267 Å². The van der Waals surface area contributed by atoms with Crippen molar-refractivity contribution < 1.29 is 4.42 Å². The van der Waals surface area contributed by atoms with Crippen LogP contribution in [0.25, 0.3) is 88.1 Å². The van der Waals surface area contributed by atoms with Crippen LogP contribution in [0.3, 0.4) is 0 Å². The molecule has 0 saturated heterocycles. The van der Waals surface area contributed by atoms with Crippen molar-refractivity contribution in [1.29, 1.82) is 0 Å². The number of benzene rings is 11. The zero-order chi connectivity index (χ0) is 46.8. The number of para-hydroxylation sites is 6. The Hall–Kier alpha value is -9.58. The molecule has 14 aromatic rings. The van der Waals surface area contributed by atoms with Crippen LogP contribution in [0.15, 0.2) is 271 Å². The zero-order valence-corrected chi connectivity index (χ0v) is 38.6. The van der Waals surface area contributed by atoms with E-state index in [9.17, 15) is 0 Å². The summed E-state index contributed by atoms with van der Waals surface area (Å²) >= 11 is 0. The third kappa shape index (κ3) is 6.70. The Morgan fingerprint density at radius 3 is 1.41 bits per heavy atom. The van der Waals surface area contributed by atoms with Crippen molar-refractivity contribution in [1.82, 2.24) is 9.13 Å². The van der Waals surface area contributed by atoms with Crippen LogP contribution in [0.5, 0.6) is 0 Å². The van der Waals surface area contributed by atoms with Crippen molar-refractivity contribution in [2.24, 2.45) is 0 Å². The molecule has 0 radical (unpaired) electrons. The second-order valence-electron chi connectivity index (χ2n) is 18.1. The number of hydrogen-bond donors (Lipinski definition) is 0. The van der Waals surface area contributed by atoms with Gasteiger partial charge in [-0.2, -0.15) is 0 Å². The molecule has 0 N–H and O–H groups in total. The van der Waals surface area contributed by atoms with Crippen molar-refractivity contribution in [3.8, 4) is 22.5 Å². The molecule has 0 atom stereocenters. The molecule has 3 heterocycles. The normalized spacial score (nSPS) is 11.7.